The van der Waals surface area contributed by atoms with Gasteiger partial charge in [0.1, 0.15) is 5.75 Å². The fourth-order valence-electron chi connectivity index (χ4n) is 3.47. The second-order valence-corrected chi connectivity index (χ2v) is 7.25. The Bertz CT molecular complexity index is 833. The Labute approximate surface area is 158 Å². The van der Waals surface area contributed by atoms with Crippen molar-refractivity contribution in [2.75, 3.05) is 11.5 Å². The van der Waals surface area contributed by atoms with Crippen molar-refractivity contribution in [3.8, 4) is 5.75 Å². The van der Waals surface area contributed by atoms with Crippen molar-refractivity contribution in [3.63, 3.8) is 0 Å². The molecule has 0 saturated carbocycles. The molecule has 0 aliphatic heterocycles. The molecule has 2 aromatic rings. The van der Waals surface area contributed by atoms with Gasteiger partial charge in [0, 0.05) is 23.2 Å². The molecule has 1 unspecified atom stereocenters. The molecule has 1 aliphatic carbocycles. The van der Waals surface area contributed by atoms with Gasteiger partial charge in [0.15, 0.2) is 12.4 Å². The summed E-state index contributed by atoms with van der Waals surface area (Å²) >= 11 is 6.25. The lowest BCUT2D eigenvalue weighted by molar-refractivity contribution is -0.120. The molecule has 1 amide bonds. The summed E-state index contributed by atoms with van der Waals surface area (Å²) < 4.78 is 5.77. The summed E-state index contributed by atoms with van der Waals surface area (Å²) in [7, 11) is 0. The van der Waals surface area contributed by atoms with E-state index in [-0.39, 0.29) is 30.3 Å². The SMILES string of the molecule is CC1CC(=O)c2c(OCC(=O)N(c3ccccc3)C(C)C)ccc(Cl)c21. The number of hydrogen-bond donors (Lipinski definition) is 0. The molecule has 3 rings (SSSR count). The second kappa shape index (κ2) is 7.50. The van der Waals surface area contributed by atoms with Crippen LogP contribution in [0.4, 0.5) is 5.69 Å². The molecule has 1 atom stereocenters. The largest absolute Gasteiger partial charge is 0.483 e. The lowest BCUT2D eigenvalue weighted by atomic mass is 10.0. The first-order valence-electron chi connectivity index (χ1n) is 8.75. The number of anilines is 1. The van der Waals surface area contributed by atoms with Crippen LogP contribution in [0, 0.1) is 0 Å². The van der Waals surface area contributed by atoms with E-state index in [2.05, 4.69) is 0 Å². The number of benzene rings is 2. The maximum absolute atomic E-state index is 12.8. The molecule has 2 aromatic carbocycles. The molecule has 0 N–H and O–H groups in total. The molecule has 0 saturated heterocycles. The molecular weight excluding hydrogens is 350 g/mol. The minimum Gasteiger partial charge on any atom is -0.483 e. The molecule has 1 aliphatic rings. The number of para-hydroxylation sites is 1. The number of nitrogens with zero attached hydrogens (tertiary/aromatic N) is 1. The molecule has 0 fully saturated rings. The van der Waals surface area contributed by atoms with Gasteiger partial charge in [-0.15, -0.1) is 0 Å². The molecule has 0 bridgehead atoms. The number of carbonyl (C=O) groups is 2. The van der Waals surface area contributed by atoms with Crippen LogP contribution >= 0.6 is 11.6 Å². The predicted octanol–water partition coefficient (Wildman–Crippen LogP) is 4.85. The van der Waals surface area contributed by atoms with Crippen molar-refractivity contribution >= 4 is 29.0 Å². The standard InChI is InChI=1S/C21H22ClNO3/c1-13(2)23(15-7-5-4-6-8-15)19(25)12-26-18-10-9-16(22)20-14(3)11-17(24)21(18)20/h4-10,13-14H,11-12H2,1-3H3. The molecule has 0 aromatic heterocycles. The van der Waals surface area contributed by atoms with Gasteiger partial charge in [-0.3, -0.25) is 9.59 Å². The van der Waals surface area contributed by atoms with Gasteiger partial charge in [0.2, 0.25) is 0 Å². The van der Waals surface area contributed by atoms with Gasteiger partial charge in [-0.25, -0.2) is 0 Å². The minimum atomic E-state index is -0.159. The van der Waals surface area contributed by atoms with E-state index in [1.165, 1.54) is 0 Å². The molecular formula is C21H22ClNO3. The van der Waals surface area contributed by atoms with Crippen molar-refractivity contribution in [1.82, 2.24) is 0 Å². The lowest BCUT2D eigenvalue weighted by Gasteiger charge is -2.27. The number of fused-ring (bicyclic) bond motifs is 1. The fourth-order valence-corrected chi connectivity index (χ4v) is 3.82. The molecule has 0 spiro atoms. The van der Waals surface area contributed by atoms with Gasteiger partial charge in [-0.2, -0.15) is 0 Å². The zero-order valence-corrected chi connectivity index (χ0v) is 15.9. The van der Waals surface area contributed by atoms with E-state index < -0.39 is 0 Å². The second-order valence-electron chi connectivity index (χ2n) is 6.84. The molecule has 26 heavy (non-hydrogen) atoms. The van der Waals surface area contributed by atoms with Crippen molar-refractivity contribution in [1.29, 1.82) is 0 Å². The molecule has 5 heteroatoms. The minimum absolute atomic E-state index is 0.00825. The van der Waals surface area contributed by atoms with Crippen LogP contribution in [0.25, 0.3) is 0 Å². The quantitative estimate of drug-likeness (QED) is 0.754. The van der Waals surface area contributed by atoms with Gasteiger partial charge < -0.3 is 9.64 Å². The number of ketones is 1. The number of amides is 1. The Morgan fingerprint density at radius 1 is 1.23 bits per heavy atom. The van der Waals surface area contributed by atoms with Crippen molar-refractivity contribution in [3.05, 3.63) is 58.6 Å². The Morgan fingerprint density at radius 3 is 2.58 bits per heavy atom. The van der Waals surface area contributed by atoms with Crippen LogP contribution in [0.15, 0.2) is 42.5 Å². The maximum Gasteiger partial charge on any atom is 0.265 e. The van der Waals surface area contributed by atoms with E-state index >= 15 is 0 Å². The first kappa shape index (κ1) is 18.5. The summed E-state index contributed by atoms with van der Waals surface area (Å²) in [6.45, 7) is 5.75. The predicted molar refractivity (Wildman–Crippen MR) is 103 cm³/mol. The number of hydrogen-bond acceptors (Lipinski definition) is 3. The zero-order chi connectivity index (χ0) is 18.8. The van der Waals surface area contributed by atoms with E-state index in [4.69, 9.17) is 16.3 Å². The third-order valence-electron chi connectivity index (χ3n) is 4.59. The highest BCUT2D eigenvalue weighted by Crippen LogP contribution is 2.42. The van der Waals surface area contributed by atoms with Crippen molar-refractivity contribution in [2.24, 2.45) is 0 Å². The molecule has 0 heterocycles. The first-order chi connectivity index (χ1) is 12.4. The summed E-state index contributed by atoms with van der Waals surface area (Å²) in [6, 6.07) is 12.9. The highest BCUT2D eigenvalue weighted by molar-refractivity contribution is 6.32. The fraction of sp³-hybridized carbons (Fsp3) is 0.333. The Kier molecular flexibility index (Phi) is 5.33. The van der Waals surface area contributed by atoms with E-state index in [9.17, 15) is 9.59 Å². The van der Waals surface area contributed by atoms with Crippen LogP contribution in [0.5, 0.6) is 5.75 Å². The maximum atomic E-state index is 12.8. The van der Waals surface area contributed by atoms with E-state index in [1.807, 2.05) is 51.1 Å². The lowest BCUT2D eigenvalue weighted by Crippen LogP contribution is -2.40. The van der Waals surface area contributed by atoms with Crippen molar-refractivity contribution < 1.29 is 14.3 Å². The van der Waals surface area contributed by atoms with Gasteiger partial charge in [0.05, 0.1) is 5.56 Å². The topological polar surface area (TPSA) is 46.6 Å². The van der Waals surface area contributed by atoms with Gasteiger partial charge in [-0.05, 0) is 49.6 Å². The number of Topliss-reactive ketones (excluding diaryl/α,β-unsaturated/α-hetero) is 1. The average Bonchev–Trinajstić information content (AvgIpc) is 2.91. The van der Waals surface area contributed by atoms with E-state index in [1.54, 1.807) is 17.0 Å². The molecule has 0 radical (unpaired) electrons. The smallest absolute Gasteiger partial charge is 0.265 e. The summed E-state index contributed by atoms with van der Waals surface area (Å²) in [4.78, 5) is 26.8. The van der Waals surface area contributed by atoms with Gasteiger partial charge >= 0.3 is 0 Å². The van der Waals surface area contributed by atoms with E-state index in [0.717, 1.165) is 11.3 Å². The van der Waals surface area contributed by atoms with Crippen LogP contribution in [0.1, 0.15) is 49.0 Å². The summed E-state index contributed by atoms with van der Waals surface area (Å²) in [5, 5.41) is 0.574. The zero-order valence-electron chi connectivity index (χ0n) is 15.2. The van der Waals surface area contributed by atoms with Gasteiger partial charge in [0.25, 0.3) is 5.91 Å². The van der Waals surface area contributed by atoms with Crippen LogP contribution in [0.2, 0.25) is 5.02 Å². The summed E-state index contributed by atoms with van der Waals surface area (Å²) in [6.07, 6.45) is 0.422. The van der Waals surface area contributed by atoms with Crippen molar-refractivity contribution in [2.45, 2.75) is 39.2 Å². The first-order valence-corrected chi connectivity index (χ1v) is 9.13. The third kappa shape index (κ3) is 3.47. The van der Waals surface area contributed by atoms with Crippen LogP contribution in [-0.4, -0.2) is 24.3 Å². The highest BCUT2D eigenvalue weighted by Gasteiger charge is 2.32. The average molecular weight is 372 g/mol. The summed E-state index contributed by atoms with van der Waals surface area (Å²) in [5.74, 6) is 0.360. The number of rotatable bonds is 5. The molecule has 136 valence electrons. The van der Waals surface area contributed by atoms with Crippen LogP contribution in [-0.2, 0) is 4.79 Å². The monoisotopic (exact) mass is 371 g/mol. The van der Waals surface area contributed by atoms with Crippen LogP contribution in [0.3, 0.4) is 0 Å². The Balaban J connectivity index is 1.81. The normalized spacial score (nSPS) is 15.9. The van der Waals surface area contributed by atoms with Crippen LogP contribution < -0.4 is 9.64 Å². The highest BCUT2D eigenvalue weighted by atomic mass is 35.5. The summed E-state index contributed by atoms with van der Waals surface area (Å²) in [5.41, 5.74) is 2.17. The Hall–Kier alpha value is -2.33. The number of halogens is 1. The third-order valence-corrected chi connectivity index (χ3v) is 4.92. The van der Waals surface area contributed by atoms with Gasteiger partial charge in [-0.1, -0.05) is 36.7 Å². The van der Waals surface area contributed by atoms with E-state index in [0.29, 0.717) is 22.8 Å². The number of ether oxygens (including phenoxy) is 1. The Morgan fingerprint density at radius 2 is 1.92 bits per heavy atom. The number of carbonyl (C=O) groups excluding carboxylic acids is 2. The molecule has 4 nitrogen and oxygen atoms in total.